The quantitative estimate of drug-likeness (QED) is 0.712. The Balaban J connectivity index is 2.31. The maximum Gasteiger partial charge on any atom is 0.265 e. The van der Waals surface area contributed by atoms with Gasteiger partial charge in [0, 0.05) is 22.7 Å². The minimum Gasteiger partial charge on any atom is -0.327 e. The van der Waals surface area contributed by atoms with Crippen LogP contribution < -0.4 is 5.56 Å². The molecule has 0 radical (unpaired) electrons. The zero-order valence-electron chi connectivity index (χ0n) is 9.79. The summed E-state index contributed by atoms with van der Waals surface area (Å²) >= 11 is 0. The molecule has 0 spiro atoms. The van der Waals surface area contributed by atoms with E-state index in [1.165, 1.54) is 0 Å². The van der Waals surface area contributed by atoms with Gasteiger partial charge in [-0.1, -0.05) is 18.2 Å². The molecule has 0 saturated carbocycles. The highest BCUT2D eigenvalue weighted by Gasteiger charge is 2.07. The van der Waals surface area contributed by atoms with Crippen LogP contribution in [-0.2, 0) is 0 Å². The van der Waals surface area contributed by atoms with Gasteiger partial charge in [-0.3, -0.25) is 4.79 Å². The summed E-state index contributed by atoms with van der Waals surface area (Å²) in [6.07, 6.45) is 3.20. The fraction of sp³-hybridized carbons (Fsp3) is 0. The monoisotopic (exact) mass is 248 g/mol. The van der Waals surface area contributed by atoms with E-state index in [0.29, 0.717) is 0 Å². The van der Waals surface area contributed by atoms with Crippen molar-refractivity contribution in [3.05, 3.63) is 58.6 Å². The average Bonchev–Trinajstić information content (AvgIpc) is 2.47. The van der Waals surface area contributed by atoms with Crippen LogP contribution in [0, 0.1) is 11.3 Å². The van der Waals surface area contributed by atoms with Crippen molar-refractivity contribution in [2.75, 3.05) is 0 Å². The lowest BCUT2D eigenvalue weighted by molar-refractivity contribution is 1.08. The van der Waals surface area contributed by atoms with Crippen molar-refractivity contribution in [2.24, 2.45) is 0 Å². The second kappa shape index (κ2) is 4.35. The van der Waals surface area contributed by atoms with Gasteiger partial charge in [0.2, 0.25) is 0 Å². The number of pyridine rings is 1. The van der Waals surface area contributed by atoms with Crippen LogP contribution >= 0.6 is 0 Å². The molecule has 1 N–H and O–H groups in total. The van der Waals surface area contributed by atoms with Crippen molar-refractivity contribution in [2.45, 2.75) is 0 Å². The lowest BCUT2D eigenvalue weighted by Crippen LogP contribution is -2.09. The zero-order chi connectivity index (χ0) is 13.2. The SMILES string of the molecule is N#Cc1cc(-c2cnnc3ccccc23)c[nH]c1=O. The Morgan fingerprint density at radius 2 is 2.11 bits per heavy atom. The first-order valence-corrected chi connectivity index (χ1v) is 5.63. The molecule has 5 nitrogen and oxygen atoms in total. The molecular formula is C14H8N4O. The van der Waals surface area contributed by atoms with Gasteiger partial charge in [-0.05, 0) is 12.1 Å². The van der Waals surface area contributed by atoms with Gasteiger partial charge in [0.1, 0.15) is 11.6 Å². The van der Waals surface area contributed by atoms with Gasteiger partial charge in [-0.2, -0.15) is 15.5 Å². The van der Waals surface area contributed by atoms with Crippen molar-refractivity contribution < 1.29 is 0 Å². The Morgan fingerprint density at radius 3 is 2.95 bits per heavy atom. The normalized spacial score (nSPS) is 10.3. The Labute approximate surface area is 108 Å². The highest BCUT2D eigenvalue weighted by atomic mass is 16.1. The molecule has 0 unspecified atom stereocenters. The molecule has 1 aromatic carbocycles. The number of aromatic amines is 1. The lowest BCUT2D eigenvalue weighted by atomic mass is 10.0. The molecule has 0 saturated heterocycles. The maximum atomic E-state index is 11.4. The summed E-state index contributed by atoms with van der Waals surface area (Å²) < 4.78 is 0. The molecule has 0 amide bonds. The van der Waals surface area contributed by atoms with Crippen molar-refractivity contribution in [3.63, 3.8) is 0 Å². The van der Waals surface area contributed by atoms with E-state index in [-0.39, 0.29) is 5.56 Å². The van der Waals surface area contributed by atoms with Crippen LogP contribution in [0.2, 0.25) is 0 Å². The third kappa shape index (κ3) is 1.85. The molecule has 19 heavy (non-hydrogen) atoms. The fourth-order valence-electron chi connectivity index (χ4n) is 1.96. The number of hydrogen-bond donors (Lipinski definition) is 1. The van der Waals surface area contributed by atoms with Gasteiger partial charge in [0.05, 0.1) is 11.7 Å². The van der Waals surface area contributed by atoms with Crippen LogP contribution in [0.4, 0.5) is 0 Å². The lowest BCUT2D eigenvalue weighted by Gasteiger charge is -2.04. The Bertz CT molecular complexity index is 856. The predicted octanol–water partition coefficient (Wildman–Crippen LogP) is 1.86. The van der Waals surface area contributed by atoms with E-state index >= 15 is 0 Å². The molecule has 2 aromatic heterocycles. The van der Waals surface area contributed by atoms with Gasteiger partial charge < -0.3 is 4.98 Å². The van der Waals surface area contributed by atoms with Crippen LogP contribution in [0.25, 0.3) is 22.0 Å². The average molecular weight is 248 g/mol. The zero-order valence-corrected chi connectivity index (χ0v) is 9.79. The van der Waals surface area contributed by atoms with Gasteiger partial charge in [-0.15, -0.1) is 0 Å². The predicted molar refractivity (Wildman–Crippen MR) is 70.3 cm³/mol. The van der Waals surface area contributed by atoms with E-state index in [1.54, 1.807) is 18.5 Å². The molecule has 0 bridgehead atoms. The number of nitrogens with one attached hydrogen (secondary N) is 1. The third-order valence-corrected chi connectivity index (χ3v) is 2.88. The molecule has 90 valence electrons. The minimum atomic E-state index is -0.391. The molecule has 3 aromatic rings. The number of H-pyrrole nitrogens is 1. The Hall–Kier alpha value is -3.00. The molecule has 5 heteroatoms. The first-order valence-electron chi connectivity index (χ1n) is 5.63. The summed E-state index contributed by atoms with van der Waals surface area (Å²) in [5.74, 6) is 0. The Morgan fingerprint density at radius 1 is 1.26 bits per heavy atom. The summed E-state index contributed by atoms with van der Waals surface area (Å²) in [5, 5.41) is 17.8. The molecule has 0 atom stereocenters. The summed E-state index contributed by atoms with van der Waals surface area (Å²) in [6.45, 7) is 0. The number of aromatic nitrogens is 3. The van der Waals surface area contributed by atoms with E-state index in [2.05, 4.69) is 15.2 Å². The smallest absolute Gasteiger partial charge is 0.265 e. The Kier molecular flexibility index (Phi) is 2.54. The fourth-order valence-corrected chi connectivity index (χ4v) is 1.96. The van der Waals surface area contributed by atoms with E-state index < -0.39 is 5.56 Å². The van der Waals surface area contributed by atoms with Crippen LogP contribution in [0.1, 0.15) is 5.56 Å². The second-order valence-corrected chi connectivity index (χ2v) is 4.02. The summed E-state index contributed by atoms with van der Waals surface area (Å²) in [5.41, 5.74) is 2.03. The summed E-state index contributed by atoms with van der Waals surface area (Å²) in [7, 11) is 0. The first-order chi connectivity index (χ1) is 9.29. The largest absolute Gasteiger partial charge is 0.327 e. The van der Waals surface area contributed by atoms with Crippen LogP contribution in [0.5, 0.6) is 0 Å². The number of fused-ring (bicyclic) bond motifs is 1. The van der Waals surface area contributed by atoms with Crippen LogP contribution in [0.15, 0.2) is 47.5 Å². The second-order valence-electron chi connectivity index (χ2n) is 4.02. The number of benzene rings is 1. The van der Waals surface area contributed by atoms with Gasteiger partial charge in [0.25, 0.3) is 5.56 Å². The van der Waals surface area contributed by atoms with Crippen LogP contribution in [-0.4, -0.2) is 15.2 Å². The molecule has 0 fully saturated rings. The van der Waals surface area contributed by atoms with Crippen LogP contribution in [0.3, 0.4) is 0 Å². The van der Waals surface area contributed by atoms with Gasteiger partial charge in [0.15, 0.2) is 0 Å². The highest BCUT2D eigenvalue weighted by molar-refractivity contribution is 5.93. The molecule has 0 aliphatic heterocycles. The van der Waals surface area contributed by atoms with Gasteiger partial charge in [-0.25, -0.2) is 0 Å². The van der Waals surface area contributed by atoms with Crippen molar-refractivity contribution in [1.82, 2.24) is 15.2 Å². The van der Waals surface area contributed by atoms with E-state index in [1.807, 2.05) is 30.3 Å². The number of rotatable bonds is 1. The topological polar surface area (TPSA) is 82.4 Å². The third-order valence-electron chi connectivity index (χ3n) is 2.88. The summed E-state index contributed by atoms with van der Waals surface area (Å²) in [6, 6.07) is 11.0. The van der Waals surface area contributed by atoms with E-state index in [0.717, 1.165) is 22.0 Å². The minimum absolute atomic E-state index is 0.0818. The molecule has 3 rings (SSSR count). The number of hydrogen-bond acceptors (Lipinski definition) is 4. The molecule has 2 heterocycles. The van der Waals surface area contributed by atoms with Crippen molar-refractivity contribution in [3.8, 4) is 17.2 Å². The summed E-state index contributed by atoms with van der Waals surface area (Å²) in [4.78, 5) is 13.9. The highest BCUT2D eigenvalue weighted by Crippen LogP contribution is 2.25. The standard InChI is InChI=1S/C14H8N4O/c15-6-9-5-10(7-16-14(9)19)12-8-17-18-13-4-2-1-3-11(12)13/h1-5,7-8H,(H,16,19). The molecular weight excluding hydrogens is 240 g/mol. The molecule has 0 aliphatic carbocycles. The maximum absolute atomic E-state index is 11.4. The number of nitriles is 1. The van der Waals surface area contributed by atoms with Crippen molar-refractivity contribution >= 4 is 10.9 Å². The molecule has 0 aliphatic rings. The van der Waals surface area contributed by atoms with E-state index in [9.17, 15) is 4.79 Å². The number of nitrogens with zero attached hydrogens (tertiary/aromatic N) is 3. The first kappa shape index (κ1) is 11.1. The van der Waals surface area contributed by atoms with Crippen molar-refractivity contribution in [1.29, 1.82) is 5.26 Å². The van der Waals surface area contributed by atoms with E-state index in [4.69, 9.17) is 5.26 Å². The van der Waals surface area contributed by atoms with Gasteiger partial charge >= 0.3 is 0 Å².